The van der Waals surface area contributed by atoms with Gasteiger partial charge in [0, 0.05) is 38.7 Å². The van der Waals surface area contributed by atoms with Crippen molar-refractivity contribution < 1.29 is 9.15 Å². The molecule has 4 nitrogen and oxygen atoms in total. The molecule has 2 aliphatic rings. The number of aromatic nitrogens is 1. The second-order valence-corrected chi connectivity index (χ2v) is 14.0. The predicted molar refractivity (Wildman–Crippen MR) is 215 cm³/mol. The molecule has 0 unspecified atom stereocenters. The molecule has 2 aliphatic heterocycles. The summed E-state index contributed by atoms with van der Waals surface area (Å²) in [6, 6.07) is 65.2. The molecule has 248 valence electrons. The lowest BCUT2D eigenvalue weighted by Crippen LogP contribution is -2.39. The molecule has 10 aromatic rings. The molecule has 1 spiro atoms. The first kappa shape index (κ1) is 28.6. The van der Waals surface area contributed by atoms with E-state index >= 15 is 0 Å². The SMILES string of the molecule is c1ccc(N2c3ccccc3C3(c4ccccc4Oc4c3ccc3c4c4ccccc4n3-c3ccc4oc5ccccc5c4c3)c3ccccc32)cc1. The van der Waals surface area contributed by atoms with Gasteiger partial charge in [0.2, 0.25) is 0 Å². The molecule has 0 fully saturated rings. The molecule has 0 aliphatic carbocycles. The smallest absolute Gasteiger partial charge is 0.142 e. The van der Waals surface area contributed by atoms with Crippen molar-refractivity contribution in [2.24, 2.45) is 0 Å². The molecule has 0 amide bonds. The number of nitrogens with zero attached hydrogens (tertiary/aromatic N) is 2. The Balaban J connectivity index is 1.20. The summed E-state index contributed by atoms with van der Waals surface area (Å²) in [5, 5.41) is 4.46. The third-order valence-corrected chi connectivity index (χ3v) is 11.4. The largest absolute Gasteiger partial charge is 0.456 e. The lowest BCUT2D eigenvalue weighted by atomic mass is 9.61. The fourth-order valence-electron chi connectivity index (χ4n) is 9.36. The average molecular weight is 679 g/mol. The van der Waals surface area contributed by atoms with Gasteiger partial charge in [0.1, 0.15) is 22.7 Å². The topological polar surface area (TPSA) is 30.5 Å². The highest BCUT2D eigenvalue weighted by atomic mass is 16.5. The second-order valence-electron chi connectivity index (χ2n) is 14.0. The normalized spacial score (nSPS) is 13.9. The molecular formula is C49H30N2O2. The monoisotopic (exact) mass is 678 g/mol. The van der Waals surface area contributed by atoms with E-state index < -0.39 is 5.41 Å². The van der Waals surface area contributed by atoms with Crippen molar-refractivity contribution in [3.8, 4) is 17.2 Å². The van der Waals surface area contributed by atoms with Crippen molar-refractivity contribution in [2.45, 2.75) is 5.41 Å². The minimum Gasteiger partial charge on any atom is -0.456 e. The van der Waals surface area contributed by atoms with E-state index in [0.717, 1.165) is 89.1 Å². The number of rotatable bonds is 2. The van der Waals surface area contributed by atoms with Crippen molar-refractivity contribution in [2.75, 3.05) is 4.90 Å². The Kier molecular flexibility index (Phi) is 5.67. The third-order valence-electron chi connectivity index (χ3n) is 11.4. The summed E-state index contributed by atoms with van der Waals surface area (Å²) in [6.07, 6.45) is 0. The maximum atomic E-state index is 7.19. The minimum atomic E-state index is -0.644. The van der Waals surface area contributed by atoms with Crippen molar-refractivity contribution in [1.82, 2.24) is 4.57 Å². The molecule has 0 saturated heterocycles. The van der Waals surface area contributed by atoms with Crippen LogP contribution in [0.4, 0.5) is 17.1 Å². The number of benzene rings is 8. The van der Waals surface area contributed by atoms with Gasteiger partial charge < -0.3 is 18.6 Å². The Morgan fingerprint density at radius 1 is 0.415 bits per heavy atom. The van der Waals surface area contributed by atoms with Gasteiger partial charge in [-0.15, -0.1) is 0 Å². The van der Waals surface area contributed by atoms with E-state index in [-0.39, 0.29) is 0 Å². The summed E-state index contributed by atoms with van der Waals surface area (Å²) < 4.78 is 15.8. The number of ether oxygens (including phenoxy) is 1. The summed E-state index contributed by atoms with van der Waals surface area (Å²) in [4.78, 5) is 2.41. The molecule has 2 aromatic heterocycles. The van der Waals surface area contributed by atoms with Crippen molar-refractivity contribution in [3.63, 3.8) is 0 Å². The highest BCUT2D eigenvalue weighted by Gasteiger charge is 2.51. The van der Waals surface area contributed by atoms with Crippen LogP contribution in [0.2, 0.25) is 0 Å². The van der Waals surface area contributed by atoms with Gasteiger partial charge in [0.25, 0.3) is 0 Å². The van der Waals surface area contributed by atoms with E-state index in [1.807, 2.05) is 12.1 Å². The van der Waals surface area contributed by atoms with Crippen LogP contribution in [-0.2, 0) is 5.41 Å². The van der Waals surface area contributed by atoms with Gasteiger partial charge >= 0.3 is 0 Å². The molecule has 4 heterocycles. The van der Waals surface area contributed by atoms with Gasteiger partial charge in [-0.25, -0.2) is 0 Å². The lowest BCUT2D eigenvalue weighted by Gasteiger charge is -2.48. The van der Waals surface area contributed by atoms with Gasteiger partial charge in [0.15, 0.2) is 0 Å². The van der Waals surface area contributed by atoms with Crippen LogP contribution in [-0.4, -0.2) is 4.57 Å². The number of anilines is 3. The zero-order valence-electron chi connectivity index (χ0n) is 28.5. The number of hydrogen-bond acceptors (Lipinski definition) is 3. The molecule has 53 heavy (non-hydrogen) atoms. The first-order chi connectivity index (χ1) is 26.3. The van der Waals surface area contributed by atoms with E-state index in [4.69, 9.17) is 9.15 Å². The van der Waals surface area contributed by atoms with Crippen LogP contribution in [0.5, 0.6) is 11.5 Å². The van der Waals surface area contributed by atoms with E-state index in [0.29, 0.717) is 0 Å². The first-order valence-corrected chi connectivity index (χ1v) is 18.1. The fraction of sp³-hybridized carbons (Fsp3) is 0.0204. The Hall–Kier alpha value is -7.04. The van der Waals surface area contributed by atoms with Gasteiger partial charge in [-0.3, -0.25) is 0 Å². The number of furan rings is 1. The van der Waals surface area contributed by atoms with E-state index in [2.05, 4.69) is 179 Å². The number of hydrogen-bond donors (Lipinski definition) is 0. The maximum absolute atomic E-state index is 7.19. The molecule has 12 rings (SSSR count). The summed E-state index contributed by atoms with van der Waals surface area (Å²) in [7, 11) is 0. The van der Waals surface area contributed by atoms with Crippen molar-refractivity contribution in [3.05, 3.63) is 204 Å². The quantitative estimate of drug-likeness (QED) is 0.182. The predicted octanol–water partition coefficient (Wildman–Crippen LogP) is 13.0. The summed E-state index contributed by atoms with van der Waals surface area (Å²) in [5.41, 5.74) is 12.6. The highest BCUT2D eigenvalue weighted by Crippen LogP contribution is 2.64. The molecule has 0 bridgehead atoms. The Morgan fingerprint density at radius 2 is 1.06 bits per heavy atom. The first-order valence-electron chi connectivity index (χ1n) is 18.1. The van der Waals surface area contributed by atoms with Crippen LogP contribution in [0.25, 0.3) is 49.4 Å². The Morgan fingerprint density at radius 3 is 1.87 bits per heavy atom. The van der Waals surface area contributed by atoms with E-state index in [1.54, 1.807) is 0 Å². The molecule has 0 N–H and O–H groups in total. The zero-order chi connectivity index (χ0) is 34.7. The molecule has 0 atom stereocenters. The minimum absolute atomic E-state index is 0.644. The van der Waals surface area contributed by atoms with Gasteiger partial charge in [0.05, 0.1) is 33.2 Å². The van der Waals surface area contributed by atoms with E-state index in [9.17, 15) is 0 Å². The van der Waals surface area contributed by atoms with Crippen LogP contribution in [0.3, 0.4) is 0 Å². The highest BCUT2D eigenvalue weighted by molar-refractivity contribution is 6.14. The van der Waals surface area contributed by atoms with Crippen LogP contribution in [0, 0.1) is 0 Å². The number of fused-ring (bicyclic) bond motifs is 15. The van der Waals surface area contributed by atoms with E-state index in [1.165, 1.54) is 11.1 Å². The Bertz CT molecular complexity index is 3070. The standard InChI is InChI=1S/C49H30N2O2/c1-2-14-31(15-3-1)50-41-22-10-6-18-36(41)49(37-19-7-11-23-42(37)50)38-20-8-13-25-46(38)53-48-39(49)27-28-43-47(48)34-17-4-9-21-40(34)51(43)32-26-29-45-35(30-32)33-16-5-12-24-44(33)52-45/h1-30H. The van der Waals surface area contributed by atoms with Gasteiger partial charge in [-0.2, -0.15) is 0 Å². The molecule has 4 heteroatoms. The van der Waals surface area contributed by atoms with Gasteiger partial charge in [-0.1, -0.05) is 115 Å². The average Bonchev–Trinajstić information content (AvgIpc) is 3.77. The summed E-state index contributed by atoms with van der Waals surface area (Å²) in [5.74, 6) is 1.76. The van der Waals surface area contributed by atoms with Crippen molar-refractivity contribution in [1.29, 1.82) is 0 Å². The molecule has 0 radical (unpaired) electrons. The second kappa shape index (κ2) is 10.5. The molecular weight excluding hydrogens is 649 g/mol. The number of para-hydroxylation sites is 6. The third kappa shape index (κ3) is 3.69. The Labute approximate surface area is 305 Å². The van der Waals surface area contributed by atoms with Crippen LogP contribution in [0.15, 0.2) is 186 Å². The van der Waals surface area contributed by atoms with Crippen LogP contribution >= 0.6 is 0 Å². The molecule has 8 aromatic carbocycles. The fourth-order valence-corrected chi connectivity index (χ4v) is 9.36. The lowest BCUT2D eigenvalue weighted by molar-refractivity contribution is 0.439. The van der Waals surface area contributed by atoms with Crippen LogP contribution < -0.4 is 9.64 Å². The van der Waals surface area contributed by atoms with Crippen LogP contribution in [0.1, 0.15) is 22.3 Å². The summed E-state index contributed by atoms with van der Waals surface area (Å²) >= 11 is 0. The zero-order valence-corrected chi connectivity index (χ0v) is 28.5. The summed E-state index contributed by atoms with van der Waals surface area (Å²) in [6.45, 7) is 0. The maximum Gasteiger partial charge on any atom is 0.142 e. The molecule has 0 saturated carbocycles. The van der Waals surface area contributed by atoms with Gasteiger partial charge in [-0.05, 0) is 77.9 Å². The van der Waals surface area contributed by atoms with Crippen molar-refractivity contribution >= 4 is 60.8 Å².